The Morgan fingerprint density at radius 3 is 2.53 bits per heavy atom. The number of benzene rings is 2. The Morgan fingerprint density at radius 2 is 1.79 bits per heavy atom. The number of methoxy groups -OCH3 is 1. The van der Waals surface area contributed by atoms with Crippen molar-refractivity contribution in [3.8, 4) is 28.4 Å². The Labute approximate surface area is 196 Å². The van der Waals surface area contributed by atoms with Crippen LogP contribution >= 0.6 is 0 Å². The topological polar surface area (TPSA) is 94.5 Å². The molecule has 0 spiro atoms. The summed E-state index contributed by atoms with van der Waals surface area (Å²) < 4.78 is 12.5. The van der Waals surface area contributed by atoms with Crippen LogP contribution in [0.4, 0.5) is 5.69 Å². The van der Waals surface area contributed by atoms with E-state index in [9.17, 15) is 4.79 Å². The molecule has 8 nitrogen and oxygen atoms in total. The molecule has 0 atom stereocenters. The molecule has 5 rings (SSSR count). The highest BCUT2D eigenvalue weighted by Crippen LogP contribution is 2.23. The minimum atomic E-state index is -0.125. The molecule has 0 saturated carbocycles. The fourth-order valence-corrected chi connectivity index (χ4v) is 3.67. The monoisotopic (exact) mass is 453 g/mol. The SMILES string of the molecule is COc1ccc(-c2noc(CCC(=O)Nc3ccc(-c4cn5cccc(C)c5n4)cc3)n2)cc1. The molecule has 0 bridgehead atoms. The first-order chi connectivity index (χ1) is 16.6. The lowest BCUT2D eigenvalue weighted by Crippen LogP contribution is -2.12. The fourth-order valence-electron chi connectivity index (χ4n) is 3.67. The van der Waals surface area contributed by atoms with Crippen molar-refractivity contribution in [1.29, 1.82) is 0 Å². The number of hydrogen-bond donors (Lipinski definition) is 1. The van der Waals surface area contributed by atoms with E-state index in [0.29, 0.717) is 18.1 Å². The maximum absolute atomic E-state index is 12.4. The van der Waals surface area contributed by atoms with Crippen molar-refractivity contribution in [1.82, 2.24) is 19.5 Å². The van der Waals surface area contributed by atoms with Crippen molar-refractivity contribution in [3.63, 3.8) is 0 Å². The van der Waals surface area contributed by atoms with E-state index in [0.717, 1.165) is 39.5 Å². The predicted molar refractivity (Wildman–Crippen MR) is 129 cm³/mol. The number of carbonyl (C=O) groups excluding carboxylic acids is 1. The van der Waals surface area contributed by atoms with Crippen LogP contribution in [0.3, 0.4) is 0 Å². The van der Waals surface area contributed by atoms with Gasteiger partial charge < -0.3 is 19.0 Å². The van der Waals surface area contributed by atoms with Gasteiger partial charge in [0.1, 0.15) is 11.4 Å². The summed E-state index contributed by atoms with van der Waals surface area (Å²) in [6.07, 6.45) is 4.57. The third-order valence-electron chi connectivity index (χ3n) is 5.52. The third kappa shape index (κ3) is 4.52. The second-order valence-corrected chi connectivity index (χ2v) is 7.91. The van der Waals surface area contributed by atoms with Crippen molar-refractivity contribution in [2.45, 2.75) is 19.8 Å². The van der Waals surface area contributed by atoms with Crippen LogP contribution in [0.25, 0.3) is 28.3 Å². The van der Waals surface area contributed by atoms with Gasteiger partial charge in [0, 0.05) is 42.0 Å². The zero-order valence-electron chi connectivity index (χ0n) is 18.9. The molecule has 0 aliphatic heterocycles. The van der Waals surface area contributed by atoms with Crippen molar-refractivity contribution in [2.24, 2.45) is 0 Å². The molecule has 34 heavy (non-hydrogen) atoms. The number of aryl methyl sites for hydroxylation is 2. The van der Waals surface area contributed by atoms with Gasteiger partial charge >= 0.3 is 0 Å². The smallest absolute Gasteiger partial charge is 0.227 e. The summed E-state index contributed by atoms with van der Waals surface area (Å²) in [6.45, 7) is 2.04. The van der Waals surface area contributed by atoms with Gasteiger partial charge in [-0.25, -0.2) is 4.98 Å². The molecule has 0 saturated heterocycles. The van der Waals surface area contributed by atoms with Gasteiger partial charge in [-0.05, 0) is 55.0 Å². The number of carbonyl (C=O) groups is 1. The van der Waals surface area contributed by atoms with Crippen LogP contribution in [-0.4, -0.2) is 32.5 Å². The maximum Gasteiger partial charge on any atom is 0.227 e. The zero-order chi connectivity index (χ0) is 23.5. The van der Waals surface area contributed by atoms with Crippen LogP contribution in [0, 0.1) is 6.92 Å². The molecular weight excluding hydrogens is 430 g/mol. The molecule has 2 aromatic carbocycles. The van der Waals surface area contributed by atoms with Crippen LogP contribution in [-0.2, 0) is 11.2 Å². The van der Waals surface area contributed by atoms with Crippen molar-refractivity contribution < 1.29 is 14.1 Å². The number of nitrogens with zero attached hydrogens (tertiary/aromatic N) is 4. The average molecular weight is 454 g/mol. The minimum Gasteiger partial charge on any atom is -0.497 e. The normalized spacial score (nSPS) is 11.0. The molecular formula is C26H23N5O3. The first kappa shape index (κ1) is 21.4. The number of nitrogens with one attached hydrogen (secondary N) is 1. The first-order valence-electron chi connectivity index (χ1n) is 10.9. The molecule has 0 aliphatic rings. The number of aromatic nitrogens is 4. The Balaban J connectivity index is 1.18. The van der Waals surface area contributed by atoms with Gasteiger partial charge in [-0.15, -0.1) is 0 Å². The van der Waals surface area contributed by atoms with Crippen LogP contribution in [0.5, 0.6) is 5.75 Å². The number of hydrogen-bond acceptors (Lipinski definition) is 6. The van der Waals surface area contributed by atoms with E-state index in [1.807, 2.05) is 84.4 Å². The largest absolute Gasteiger partial charge is 0.497 e. The van der Waals surface area contributed by atoms with Crippen LogP contribution in [0.1, 0.15) is 17.9 Å². The summed E-state index contributed by atoms with van der Waals surface area (Å²) in [6, 6.07) is 19.1. The second-order valence-electron chi connectivity index (χ2n) is 7.91. The van der Waals surface area contributed by atoms with Crippen LogP contribution in [0.15, 0.2) is 77.6 Å². The maximum atomic E-state index is 12.4. The predicted octanol–water partition coefficient (Wildman–Crippen LogP) is 4.94. The van der Waals surface area contributed by atoms with Gasteiger partial charge in [-0.3, -0.25) is 4.79 Å². The molecule has 0 radical (unpaired) electrons. The van der Waals surface area contributed by atoms with Crippen LogP contribution < -0.4 is 10.1 Å². The molecule has 3 aromatic heterocycles. The van der Waals surface area contributed by atoms with E-state index in [1.165, 1.54) is 0 Å². The number of imidazole rings is 1. The molecule has 8 heteroatoms. The van der Waals surface area contributed by atoms with Crippen molar-refractivity contribution in [3.05, 3.63) is 84.5 Å². The van der Waals surface area contributed by atoms with Crippen LogP contribution in [0.2, 0.25) is 0 Å². The van der Waals surface area contributed by atoms with Crippen molar-refractivity contribution in [2.75, 3.05) is 12.4 Å². The summed E-state index contributed by atoms with van der Waals surface area (Å²) in [7, 11) is 1.61. The third-order valence-corrected chi connectivity index (χ3v) is 5.52. The van der Waals surface area contributed by atoms with Gasteiger partial charge in [0.25, 0.3) is 0 Å². The Hall–Kier alpha value is -4.46. The number of fused-ring (bicyclic) bond motifs is 1. The highest BCUT2D eigenvalue weighted by Gasteiger charge is 2.12. The second kappa shape index (κ2) is 9.19. The standard InChI is InChI=1S/C26H23N5O3/c1-17-4-3-15-31-16-22(28-26(17)31)18-5-9-20(10-6-18)27-23(32)13-14-24-29-25(30-34-24)19-7-11-21(33-2)12-8-19/h3-12,15-16H,13-14H2,1-2H3,(H,27,32). The minimum absolute atomic E-state index is 0.125. The van der Waals surface area contributed by atoms with Gasteiger partial charge in [0.15, 0.2) is 0 Å². The van der Waals surface area contributed by atoms with Gasteiger partial charge in [0.05, 0.1) is 12.8 Å². The lowest BCUT2D eigenvalue weighted by atomic mass is 10.1. The Kier molecular flexibility index (Phi) is 5.78. The van der Waals surface area contributed by atoms with E-state index < -0.39 is 0 Å². The summed E-state index contributed by atoms with van der Waals surface area (Å²) in [5, 5.41) is 6.91. The van der Waals surface area contributed by atoms with Gasteiger partial charge in [-0.2, -0.15) is 4.98 Å². The molecule has 1 amide bonds. The summed E-state index contributed by atoms with van der Waals surface area (Å²) in [5.74, 6) is 1.53. The van der Waals surface area contributed by atoms with E-state index in [4.69, 9.17) is 14.2 Å². The Bertz CT molecular complexity index is 1440. The molecule has 3 heterocycles. The molecule has 0 aliphatic carbocycles. The Morgan fingerprint density at radius 1 is 1.03 bits per heavy atom. The molecule has 0 unspecified atom stereocenters. The van der Waals surface area contributed by atoms with Gasteiger partial charge in [-0.1, -0.05) is 23.4 Å². The number of amides is 1. The number of rotatable bonds is 7. The lowest BCUT2D eigenvalue weighted by molar-refractivity contribution is -0.116. The van der Waals surface area contributed by atoms with Gasteiger partial charge in [0.2, 0.25) is 17.6 Å². The first-order valence-corrected chi connectivity index (χ1v) is 10.9. The lowest BCUT2D eigenvalue weighted by Gasteiger charge is -2.05. The highest BCUT2D eigenvalue weighted by molar-refractivity contribution is 5.91. The number of anilines is 1. The van der Waals surface area contributed by atoms with E-state index >= 15 is 0 Å². The molecule has 170 valence electrons. The summed E-state index contributed by atoms with van der Waals surface area (Å²) >= 11 is 0. The summed E-state index contributed by atoms with van der Waals surface area (Å²) in [4.78, 5) is 21.5. The van der Waals surface area contributed by atoms with E-state index in [-0.39, 0.29) is 12.3 Å². The number of ether oxygens (including phenoxy) is 1. The average Bonchev–Trinajstić information content (AvgIpc) is 3.52. The fraction of sp³-hybridized carbons (Fsp3) is 0.154. The molecule has 5 aromatic rings. The summed E-state index contributed by atoms with van der Waals surface area (Å²) in [5.41, 5.74) is 5.47. The quantitative estimate of drug-likeness (QED) is 0.375. The molecule has 1 N–H and O–H groups in total. The van der Waals surface area contributed by atoms with Crippen molar-refractivity contribution >= 4 is 17.2 Å². The highest BCUT2D eigenvalue weighted by atomic mass is 16.5. The van der Waals surface area contributed by atoms with E-state index in [1.54, 1.807) is 7.11 Å². The molecule has 0 fully saturated rings. The number of pyridine rings is 1. The zero-order valence-corrected chi connectivity index (χ0v) is 18.9. The van der Waals surface area contributed by atoms with E-state index in [2.05, 4.69) is 15.5 Å².